The van der Waals surface area contributed by atoms with Gasteiger partial charge in [0.25, 0.3) is 0 Å². The number of aryl methyl sites for hydroxylation is 1. The molecule has 4 heteroatoms. The van der Waals surface area contributed by atoms with Crippen molar-refractivity contribution in [3.63, 3.8) is 0 Å². The number of nitrogens with zero attached hydrogens (tertiary/aromatic N) is 2. The highest BCUT2D eigenvalue weighted by Crippen LogP contribution is 2.33. The van der Waals surface area contributed by atoms with E-state index in [4.69, 9.17) is 4.74 Å². The van der Waals surface area contributed by atoms with Crippen LogP contribution in [0.4, 0.5) is 0 Å². The van der Waals surface area contributed by atoms with Gasteiger partial charge >= 0.3 is 5.97 Å². The molecule has 0 saturated heterocycles. The van der Waals surface area contributed by atoms with E-state index in [0.717, 1.165) is 50.0 Å². The summed E-state index contributed by atoms with van der Waals surface area (Å²) in [7, 11) is 0. The molecule has 0 unspecified atom stereocenters. The van der Waals surface area contributed by atoms with Gasteiger partial charge in [0.1, 0.15) is 5.75 Å². The molecule has 1 aromatic heterocycles. The Balaban J connectivity index is 1.33. The smallest absolute Gasteiger partial charge is 0.314 e. The summed E-state index contributed by atoms with van der Waals surface area (Å²) in [5, 5.41) is 0. The second-order valence-corrected chi connectivity index (χ2v) is 11.6. The van der Waals surface area contributed by atoms with Crippen molar-refractivity contribution in [3.8, 4) is 17.1 Å². The van der Waals surface area contributed by atoms with Crippen LogP contribution in [0.3, 0.4) is 0 Å². The Bertz CT molecular complexity index is 930. The summed E-state index contributed by atoms with van der Waals surface area (Å²) < 4.78 is 5.74. The molecule has 4 nitrogen and oxygen atoms in total. The minimum Gasteiger partial charge on any atom is -0.426 e. The highest BCUT2D eigenvalue weighted by atomic mass is 16.5. The Kier molecular flexibility index (Phi) is 14.9. The van der Waals surface area contributed by atoms with Crippen LogP contribution in [-0.2, 0) is 11.2 Å². The number of carbonyl (C=O) groups excluding carboxylic acids is 1. The van der Waals surface area contributed by atoms with E-state index in [-0.39, 0.29) is 11.9 Å². The topological polar surface area (TPSA) is 52.1 Å². The third-order valence-corrected chi connectivity index (χ3v) is 8.31. The van der Waals surface area contributed by atoms with Gasteiger partial charge in [-0.3, -0.25) is 4.79 Å². The van der Waals surface area contributed by atoms with Gasteiger partial charge in [-0.05, 0) is 87.1 Å². The van der Waals surface area contributed by atoms with Gasteiger partial charge in [-0.25, -0.2) is 9.97 Å². The Morgan fingerprint density at radius 1 is 0.846 bits per heavy atom. The monoisotopic (exact) mass is 532 g/mol. The molecule has 0 N–H and O–H groups in total. The highest BCUT2D eigenvalue weighted by Gasteiger charge is 2.27. The van der Waals surface area contributed by atoms with Crippen LogP contribution < -0.4 is 4.74 Å². The maximum absolute atomic E-state index is 12.8. The highest BCUT2D eigenvalue weighted by molar-refractivity contribution is 5.75. The Morgan fingerprint density at radius 2 is 1.46 bits per heavy atom. The zero-order chi connectivity index (χ0) is 27.5. The lowest BCUT2D eigenvalue weighted by Gasteiger charge is -2.27. The predicted molar refractivity (Wildman–Crippen MR) is 163 cm³/mol. The van der Waals surface area contributed by atoms with E-state index in [9.17, 15) is 4.79 Å². The number of aromatic nitrogens is 2. The summed E-state index contributed by atoms with van der Waals surface area (Å²) in [4.78, 5) is 21.9. The van der Waals surface area contributed by atoms with Crippen molar-refractivity contribution < 1.29 is 9.53 Å². The van der Waals surface area contributed by atoms with Crippen LogP contribution in [0.1, 0.15) is 128 Å². The van der Waals surface area contributed by atoms with Gasteiger partial charge in [-0.15, -0.1) is 6.58 Å². The molecule has 1 fully saturated rings. The summed E-state index contributed by atoms with van der Waals surface area (Å²) in [5.41, 5.74) is 2.15. The molecule has 1 saturated carbocycles. The maximum atomic E-state index is 12.8. The van der Waals surface area contributed by atoms with Crippen molar-refractivity contribution in [2.45, 2.75) is 129 Å². The van der Waals surface area contributed by atoms with E-state index >= 15 is 0 Å². The lowest BCUT2D eigenvalue weighted by atomic mass is 9.80. The fraction of sp³-hybridized carbons (Fsp3) is 0.629. The zero-order valence-corrected chi connectivity index (χ0v) is 24.5. The predicted octanol–water partition coefficient (Wildman–Crippen LogP) is 10.1. The van der Waals surface area contributed by atoms with Crippen LogP contribution in [0.15, 0.2) is 49.3 Å². The van der Waals surface area contributed by atoms with E-state index < -0.39 is 0 Å². The van der Waals surface area contributed by atoms with Gasteiger partial charge in [-0.1, -0.05) is 83.6 Å². The molecule has 0 spiro atoms. The Labute approximate surface area is 238 Å². The minimum atomic E-state index is -0.0767. The Morgan fingerprint density at radius 3 is 2.13 bits per heavy atom. The minimum absolute atomic E-state index is 0.0328. The van der Waals surface area contributed by atoms with Crippen molar-refractivity contribution in [3.05, 3.63) is 54.9 Å². The molecule has 1 aromatic carbocycles. The standard InChI is InChI=1S/C35H52N2O2/c1-3-5-7-9-11-12-14-16-18-30-27-36-34(37-28-30)31-23-25-33(26-24-31)39-35(38)32-21-19-29(20-22-32)17-15-13-10-8-6-4-2/h4,23-29,32H,2-3,5-22H2,1H3. The molecule has 1 aliphatic rings. The molecule has 0 amide bonds. The number of ether oxygens (including phenoxy) is 1. The molecule has 0 radical (unpaired) electrons. The molecule has 0 bridgehead atoms. The largest absolute Gasteiger partial charge is 0.426 e. The number of carbonyl (C=O) groups is 1. The second kappa shape index (κ2) is 18.7. The van der Waals surface area contributed by atoms with Crippen molar-refractivity contribution >= 4 is 5.97 Å². The van der Waals surface area contributed by atoms with E-state index in [1.807, 2.05) is 42.7 Å². The third-order valence-electron chi connectivity index (χ3n) is 8.31. The SMILES string of the molecule is C=CCCCCCCC1CCC(C(=O)Oc2ccc(-c3ncc(CCCCCCCCCC)cn3)cc2)CC1. The number of esters is 1. The molecule has 1 heterocycles. The van der Waals surface area contributed by atoms with Crippen molar-refractivity contribution in [2.24, 2.45) is 11.8 Å². The number of allylic oxidation sites excluding steroid dienone is 1. The number of rotatable bonds is 19. The first kappa shape index (κ1) is 31.0. The van der Waals surface area contributed by atoms with E-state index in [1.165, 1.54) is 89.0 Å². The van der Waals surface area contributed by atoms with Crippen LogP contribution in [0.5, 0.6) is 5.75 Å². The lowest BCUT2D eigenvalue weighted by molar-refractivity contribution is -0.140. The van der Waals surface area contributed by atoms with Crippen LogP contribution in [0.2, 0.25) is 0 Å². The molecule has 1 aliphatic carbocycles. The third kappa shape index (κ3) is 12.1. The van der Waals surface area contributed by atoms with Gasteiger partial charge in [0.15, 0.2) is 5.82 Å². The van der Waals surface area contributed by atoms with Crippen LogP contribution in [-0.4, -0.2) is 15.9 Å². The average molecular weight is 533 g/mol. The first-order chi connectivity index (χ1) is 19.2. The molecule has 39 heavy (non-hydrogen) atoms. The lowest BCUT2D eigenvalue weighted by Crippen LogP contribution is -2.25. The first-order valence-corrected chi connectivity index (χ1v) is 15.9. The van der Waals surface area contributed by atoms with Crippen molar-refractivity contribution in [1.29, 1.82) is 0 Å². The number of hydrogen-bond acceptors (Lipinski definition) is 4. The van der Waals surface area contributed by atoms with Gasteiger partial charge in [0.2, 0.25) is 0 Å². The molecule has 0 atom stereocenters. The molecule has 2 aromatic rings. The Hall–Kier alpha value is -2.49. The molecule has 0 aliphatic heterocycles. The fourth-order valence-corrected chi connectivity index (χ4v) is 5.73. The molecule has 214 valence electrons. The quantitative estimate of drug-likeness (QED) is 0.0781. The van der Waals surface area contributed by atoms with E-state index in [2.05, 4.69) is 23.5 Å². The van der Waals surface area contributed by atoms with Crippen LogP contribution >= 0.6 is 0 Å². The number of hydrogen-bond donors (Lipinski definition) is 0. The summed E-state index contributed by atoms with van der Waals surface area (Å²) in [6.07, 6.45) is 29.4. The van der Waals surface area contributed by atoms with Gasteiger partial charge in [0.05, 0.1) is 5.92 Å². The number of unbranched alkanes of at least 4 members (excludes halogenated alkanes) is 11. The summed E-state index contributed by atoms with van der Waals surface area (Å²) in [6.45, 7) is 6.06. The summed E-state index contributed by atoms with van der Waals surface area (Å²) in [6, 6.07) is 7.62. The molecule has 3 rings (SSSR count). The zero-order valence-electron chi connectivity index (χ0n) is 24.5. The average Bonchev–Trinajstić information content (AvgIpc) is 2.97. The molecular weight excluding hydrogens is 480 g/mol. The fourth-order valence-electron chi connectivity index (χ4n) is 5.73. The van der Waals surface area contributed by atoms with Crippen LogP contribution in [0, 0.1) is 11.8 Å². The van der Waals surface area contributed by atoms with E-state index in [1.54, 1.807) is 0 Å². The van der Waals surface area contributed by atoms with Crippen LogP contribution in [0.25, 0.3) is 11.4 Å². The van der Waals surface area contributed by atoms with Gasteiger partial charge in [0, 0.05) is 18.0 Å². The first-order valence-electron chi connectivity index (χ1n) is 15.9. The molecular formula is C35H52N2O2. The van der Waals surface area contributed by atoms with Crippen molar-refractivity contribution in [1.82, 2.24) is 9.97 Å². The van der Waals surface area contributed by atoms with Crippen molar-refractivity contribution in [2.75, 3.05) is 0 Å². The number of benzene rings is 1. The maximum Gasteiger partial charge on any atom is 0.314 e. The summed E-state index contributed by atoms with van der Waals surface area (Å²) in [5.74, 6) is 2.06. The normalized spacial score (nSPS) is 17.2. The summed E-state index contributed by atoms with van der Waals surface area (Å²) >= 11 is 0. The second-order valence-electron chi connectivity index (χ2n) is 11.6. The van der Waals surface area contributed by atoms with Gasteiger partial charge in [-0.2, -0.15) is 0 Å². The van der Waals surface area contributed by atoms with E-state index in [0.29, 0.717) is 11.6 Å². The van der Waals surface area contributed by atoms with Gasteiger partial charge < -0.3 is 4.74 Å².